The predicted molar refractivity (Wildman–Crippen MR) is 78.1 cm³/mol. The van der Waals surface area contributed by atoms with Gasteiger partial charge in [-0.15, -0.1) is 0 Å². The minimum atomic E-state index is -0.473. The van der Waals surface area contributed by atoms with Crippen molar-refractivity contribution in [1.82, 2.24) is 5.32 Å². The number of halogens is 1. The fraction of sp³-hybridized carbons (Fsp3) is 0.562. The monoisotopic (exact) mass is 295 g/mol. The van der Waals surface area contributed by atoms with Gasteiger partial charge in [0, 0.05) is 18.7 Å². The van der Waals surface area contributed by atoms with Crippen LogP contribution in [0.4, 0.5) is 4.39 Å². The van der Waals surface area contributed by atoms with Crippen LogP contribution in [0, 0.1) is 5.82 Å². The van der Waals surface area contributed by atoms with Crippen LogP contribution in [0.1, 0.15) is 42.5 Å². The van der Waals surface area contributed by atoms with E-state index >= 15 is 0 Å². The van der Waals surface area contributed by atoms with E-state index in [1.54, 1.807) is 0 Å². The topological polar surface area (TPSA) is 47.6 Å². The zero-order valence-electron chi connectivity index (χ0n) is 12.4. The summed E-state index contributed by atoms with van der Waals surface area (Å²) in [7, 11) is 1.38. The van der Waals surface area contributed by atoms with Gasteiger partial charge in [-0.1, -0.05) is 12.8 Å². The van der Waals surface area contributed by atoms with E-state index in [1.165, 1.54) is 38.2 Å². The highest BCUT2D eigenvalue weighted by Gasteiger charge is 2.14. The Hall–Kier alpha value is -1.62. The molecule has 0 atom stereocenters. The van der Waals surface area contributed by atoms with Crippen LogP contribution in [0.15, 0.2) is 18.2 Å². The highest BCUT2D eigenvalue weighted by molar-refractivity contribution is 5.94. The Morgan fingerprint density at radius 3 is 2.86 bits per heavy atom. The van der Waals surface area contributed by atoms with E-state index in [-0.39, 0.29) is 11.7 Å². The number of hydrogen-bond acceptors (Lipinski definition) is 3. The van der Waals surface area contributed by atoms with Gasteiger partial charge in [0.15, 0.2) is 11.6 Å². The smallest absolute Gasteiger partial charge is 0.251 e. The predicted octanol–water partition coefficient (Wildman–Crippen LogP) is 2.91. The molecule has 1 fully saturated rings. The van der Waals surface area contributed by atoms with Crippen molar-refractivity contribution < 1.29 is 18.7 Å². The van der Waals surface area contributed by atoms with Crippen molar-refractivity contribution in [1.29, 1.82) is 0 Å². The lowest BCUT2D eigenvalue weighted by Crippen LogP contribution is -2.25. The van der Waals surface area contributed by atoms with Crippen molar-refractivity contribution >= 4 is 5.91 Å². The molecule has 2 rings (SSSR count). The van der Waals surface area contributed by atoms with Gasteiger partial charge < -0.3 is 14.8 Å². The highest BCUT2D eigenvalue weighted by atomic mass is 19.1. The van der Waals surface area contributed by atoms with Gasteiger partial charge in [-0.3, -0.25) is 4.79 Å². The molecular weight excluding hydrogens is 273 g/mol. The fourth-order valence-corrected chi connectivity index (χ4v) is 2.48. The molecule has 0 unspecified atom stereocenters. The molecule has 0 saturated heterocycles. The van der Waals surface area contributed by atoms with Crippen molar-refractivity contribution in [2.45, 2.75) is 38.2 Å². The molecule has 1 saturated carbocycles. The van der Waals surface area contributed by atoms with E-state index in [4.69, 9.17) is 9.47 Å². The van der Waals surface area contributed by atoms with Gasteiger partial charge in [-0.2, -0.15) is 0 Å². The molecule has 0 bridgehead atoms. The minimum Gasteiger partial charge on any atom is -0.494 e. The average molecular weight is 295 g/mol. The maximum atomic E-state index is 13.3. The number of benzene rings is 1. The lowest BCUT2D eigenvalue weighted by molar-refractivity contribution is 0.0565. The number of amides is 1. The Balaban J connectivity index is 1.69. The number of ether oxygens (including phenoxy) is 2. The Morgan fingerprint density at radius 1 is 1.38 bits per heavy atom. The first kappa shape index (κ1) is 15.8. The Morgan fingerprint density at radius 2 is 2.14 bits per heavy atom. The fourth-order valence-electron chi connectivity index (χ4n) is 2.48. The van der Waals surface area contributed by atoms with Crippen molar-refractivity contribution in [3.05, 3.63) is 29.6 Å². The lowest BCUT2D eigenvalue weighted by Gasteiger charge is -2.11. The lowest BCUT2D eigenvalue weighted by atomic mass is 10.2. The van der Waals surface area contributed by atoms with E-state index in [0.717, 1.165) is 19.3 Å². The normalized spacial score (nSPS) is 15.1. The Kier molecular flexibility index (Phi) is 5.99. The van der Waals surface area contributed by atoms with Crippen LogP contribution in [0.3, 0.4) is 0 Å². The van der Waals surface area contributed by atoms with Crippen LogP contribution in [-0.2, 0) is 4.74 Å². The highest BCUT2D eigenvalue weighted by Crippen LogP contribution is 2.21. The number of carbonyl (C=O) groups is 1. The van der Waals surface area contributed by atoms with Crippen LogP contribution in [0.25, 0.3) is 0 Å². The van der Waals surface area contributed by atoms with Gasteiger partial charge >= 0.3 is 0 Å². The van der Waals surface area contributed by atoms with Gasteiger partial charge in [0.05, 0.1) is 13.2 Å². The summed E-state index contributed by atoms with van der Waals surface area (Å²) in [5, 5.41) is 2.80. The molecule has 0 aromatic heterocycles. The van der Waals surface area contributed by atoms with Crippen LogP contribution >= 0.6 is 0 Å². The first-order valence-electron chi connectivity index (χ1n) is 7.44. The van der Waals surface area contributed by atoms with Gasteiger partial charge in [-0.25, -0.2) is 4.39 Å². The van der Waals surface area contributed by atoms with Crippen LogP contribution in [0.5, 0.6) is 5.75 Å². The third-order valence-corrected chi connectivity index (χ3v) is 3.68. The largest absolute Gasteiger partial charge is 0.494 e. The van der Waals surface area contributed by atoms with Gasteiger partial charge in [0.2, 0.25) is 0 Å². The summed E-state index contributed by atoms with van der Waals surface area (Å²) >= 11 is 0. The quantitative estimate of drug-likeness (QED) is 0.787. The maximum absolute atomic E-state index is 13.3. The molecule has 4 nitrogen and oxygen atoms in total. The Bertz CT molecular complexity index is 473. The van der Waals surface area contributed by atoms with Gasteiger partial charge in [-0.05, 0) is 37.5 Å². The molecule has 0 aliphatic heterocycles. The van der Waals surface area contributed by atoms with Gasteiger partial charge in [0.25, 0.3) is 5.91 Å². The summed E-state index contributed by atoms with van der Waals surface area (Å²) in [6, 6.07) is 4.08. The molecule has 21 heavy (non-hydrogen) atoms. The molecule has 0 spiro atoms. The summed E-state index contributed by atoms with van der Waals surface area (Å²) < 4.78 is 23.8. The second-order valence-electron chi connectivity index (χ2n) is 5.24. The van der Waals surface area contributed by atoms with E-state index in [2.05, 4.69) is 5.32 Å². The molecular formula is C16H22FNO3. The molecule has 116 valence electrons. The molecule has 5 heteroatoms. The van der Waals surface area contributed by atoms with Crippen molar-refractivity contribution in [2.24, 2.45) is 0 Å². The molecule has 0 heterocycles. The second kappa shape index (κ2) is 7.98. The average Bonchev–Trinajstić information content (AvgIpc) is 3.00. The first-order chi connectivity index (χ1) is 10.2. The number of methoxy groups -OCH3 is 1. The third kappa shape index (κ3) is 4.70. The van der Waals surface area contributed by atoms with Crippen molar-refractivity contribution in [3.63, 3.8) is 0 Å². The molecule has 1 aromatic rings. The second-order valence-corrected chi connectivity index (χ2v) is 5.24. The van der Waals surface area contributed by atoms with E-state index < -0.39 is 5.82 Å². The molecule has 1 aliphatic carbocycles. The number of rotatable bonds is 7. The zero-order chi connectivity index (χ0) is 15.1. The number of nitrogens with one attached hydrogen (secondary N) is 1. The third-order valence-electron chi connectivity index (χ3n) is 3.68. The molecule has 1 aliphatic rings. The van der Waals surface area contributed by atoms with E-state index in [1.807, 2.05) is 0 Å². The summed E-state index contributed by atoms with van der Waals surface area (Å²) in [6.07, 6.45) is 6.01. The first-order valence-corrected chi connectivity index (χ1v) is 7.44. The minimum absolute atomic E-state index is 0.0761. The van der Waals surface area contributed by atoms with Crippen LogP contribution in [0.2, 0.25) is 0 Å². The van der Waals surface area contributed by atoms with E-state index in [0.29, 0.717) is 24.8 Å². The maximum Gasteiger partial charge on any atom is 0.251 e. The SMILES string of the molecule is COc1cc(C(=O)NCCCOC2CCCC2)ccc1F. The standard InChI is InChI=1S/C16H22FNO3/c1-20-15-11-12(7-8-14(15)17)16(19)18-9-4-10-21-13-5-2-3-6-13/h7-8,11,13H,2-6,9-10H2,1H3,(H,18,19). The molecule has 1 N–H and O–H groups in total. The molecule has 1 aromatic carbocycles. The van der Waals surface area contributed by atoms with Crippen LogP contribution in [-0.4, -0.2) is 32.3 Å². The summed E-state index contributed by atoms with van der Waals surface area (Å²) in [4.78, 5) is 11.9. The summed E-state index contributed by atoms with van der Waals surface area (Å²) in [5.74, 6) is -0.625. The zero-order valence-corrected chi connectivity index (χ0v) is 12.4. The number of hydrogen-bond donors (Lipinski definition) is 1. The Labute approximate surface area is 124 Å². The van der Waals surface area contributed by atoms with Crippen LogP contribution < -0.4 is 10.1 Å². The molecule has 1 amide bonds. The number of carbonyl (C=O) groups excluding carboxylic acids is 1. The van der Waals surface area contributed by atoms with E-state index in [9.17, 15) is 9.18 Å². The van der Waals surface area contributed by atoms with Crippen molar-refractivity contribution in [2.75, 3.05) is 20.3 Å². The summed E-state index contributed by atoms with van der Waals surface area (Å²) in [5.41, 5.74) is 0.393. The molecule has 0 radical (unpaired) electrons. The van der Waals surface area contributed by atoms with Gasteiger partial charge in [0.1, 0.15) is 0 Å². The summed E-state index contributed by atoms with van der Waals surface area (Å²) in [6.45, 7) is 1.21. The van der Waals surface area contributed by atoms with Crippen molar-refractivity contribution in [3.8, 4) is 5.75 Å².